The summed E-state index contributed by atoms with van der Waals surface area (Å²) in [7, 11) is 0. The normalized spacial score (nSPS) is 10.2. The van der Waals surface area contributed by atoms with Crippen LogP contribution in [0.5, 0.6) is 0 Å². The number of nitrogens with zero attached hydrogens (tertiary/aromatic N) is 2. The van der Waals surface area contributed by atoms with Gasteiger partial charge in [-0.2, -0.15) is 5.10 Å². The van der Waals surface area contributed by atoms with Crippen LogP contribution in [0.4, 0.5) is 0 Å². The lowest BCUT2D eigenvalue weighted by molar-refractivity contribution is 0.0941. The highest BCUT2D eigenvalue weighted by molar-refractivity contribution is 9.10. The number of aromatic nitrogens is 3. The van der Waals surface area contributed by atoms with Crippen LogP contribution in [-0.4, -0.2) is 21.1 Å². The maximum atomic E-state index is 11.4. The maximum Gasteiger partial charge on any atom is 0.288 e. The highest BCUT2D eigenvalue weighted by atomic mass is 79.9. The average Bonchev–Trinajstić information content (AvgIpc) is 2.84. The molecule has 7 heteroatoms. The van der Waals surface area contributed by atoms with E-state index < -0.39 is 0 Å². The fraction of sp³-hybridized carbons (Fsp3) is 0.125. The fourth-order valence-corrected chi connectivity index (χ4v) is 2.40. The number of nitrogens with one attached hydrogen (secondary N) is 2. The third-order valence-corrected chi connectivity index (χ3v) is 3.37. The van der Waals surface area contributed by atoms with Crippen molar-refractivity contribution in [2.45, 2.75) is 6.54 Å². The highest BCUT2D eigenvalue weighted by Gasteiger charge is 2.08. The third kappa shape index (κ3) is 2.63. The third-order valence-electron chi connectivity index (χ3n) is 1.68. The van der Waals surface area contributed by atoms with E-state index in [1.165, 1.54) is 6.33 Å². The summed E-state index contributed by atoms with van der Waals surface area (Å²) in [5.41, 5.74) is 0. The molecule has 2 rings (SSSR count). The summed E-state index contributed by atoms with van der Waals surface area (Å²) in [6.07, 6.45) is 1.30. The standard InChI is InChI=1S/C8H7BrN4OS/c9-5-1-6(15-3-5)2-10-8(14)7-11-4-12-13-7/h1,3-4H,2H2,(H,10,14)(H,11,12,13). The second kappa shape index (κ2) is 4.54. The van der Waals surface area contributed by atoms with Crippen LogP contribution < -0.4 is 5.32 Å². The molecule has 2 aromatic rings. The number of carbonyl (C=O) groups is 1. The van der Waals surface area contributed by atoms with Gasteiger partial charge in [0.15, 0.2) is 0 Å². The summed E-state index contributed by atoms with van der Waals surface area (Å²) in [6, 6.07) is 1.96. The average molecular weight is 287 g/mol. The number of carbonyl (C=O) groups excluding carboxylic acids is 1. The summed E-state index contributed by atoms with van der Waals surface area (Å²) in [4.78, 5) is 16.3. The lowest BCUT2D eigenvalue weighted by Gasteiger charge is -1.99. The molecule has 0 saturated heterocycles. The molecule has 0 spiro atoms. The largest absolute Gasteiger partial charge is 0.344 e. The molecule has 0 aromatic carbocycles. The first-order chi connectivity index (χ1) is 7.25. The van der Waals surface area contributed by atoms with Crippen LogP contribution in [0.15, 0.2) is 22.2 Å². The number of hydrogen-bond acceptors (Lipinski definition) is 4. The van der Waals surface area contributed by atoms with E-state index in [2.05, 4.69) is 36.4 Å². The number of H-pyrrole nitrogens is 1. The Kier molecular flexibility index (Phi) is 3.12. The van der Waals surface area contributed by atoms with Crippen molar-refractivity contribution in [1.29, 1.82) is 0 Å². The van der Waals surface area contributed by atoms with E-state index in [4.69, 9.17) is 0 Å². The van der Waals surface area contributed by atoms with E-state index in [-0.39, 0.29) is 11.7 Å². The van der Waals surface area contributed by atoms with Crippen molar-refractivity contribution in [3.63, 3.8) is 0 Å². The molecule has 0 saturated carbocycles. The van der Waals surface area contributed by atoms with Gasteiger partial charge in [0.1, 0.15) is 6.33 Å². The van der Waals surface area contributed by atoms with Crippen LogP contribution in [0, 0.1) is 0 Å². The van der Waals surface area contributed by atoms with E-state index in [9.17, 15) is 4.79 Å². The van der Waals surface area contributed by atoms with E-state index in [1.54, 1.807) is 11.3 Å². The van der Waals surface area contributed by atoms with Crippen molar-refractivity contribution in [3.05, 3.63) is 32.9 Å². The van der Waals surface area contributed by atoms with Crippen LogP contribution in [0.1, 0.15) is 15.5 Å². The second-order valence-electron chi connectivity index (χ2n) is 2.75. The minimum absolute atomic E-state index is 0.227. The minimum atomic E-state index is -0.253. The first-order valence-electron chi connectivity index (χ1n) is 4.12. The number of amides is 1. The molecule has 5 nitrogen and oxygen atoms in total. The van der Waals surface area contributed by atoms with Gasteiger partial charge in [-0.15, -0.1) is 11.3 Å². The van der Waals surface area contributed by atoms with Crippen LogP contribution in [0.25, 0.3) is 0 Å². The molecule has 15 heavy (non-hydrogen) atoms. The zero-order chi connectivity index (χ0) is 10.7. The van der Waals surface area contributed by atoms with Crippen LogP contribution in [0.2, 0.25) is 0 Å². The molecule has 1 amide bonds. The molecule has 2 N–H and O–H groups in total. The Morgan fingerprint density at radius 3 is 3.13 bits per heavy atom. The Labute approximate surface area is 98.1 Å². The Balaban J connectivity index is 1.91. The molecule has 0 unspecified atom stereocenters. The van der Waals surface area contributed by atoms with Gasteiger partial charge in [0.2, 0.25) is 5.82 Å². The Morgan fingerprint density at radius 1 is 1.67 bits per heavy atom. The van der Waals surface area contributed by atoms with Gasteiger partial charge < -0.3 is 5.32 Å². The molecule has 0 aliphatic carbocycles. The number of hydrogen-bond donors (Lipinski definition) is 2. The summed E-state index contributed by atoms with van der Waals surface area (Å²) in [5, 5.41) is 10.8. The summed E-state index contributed by atoms with van der Waals surface area (Å²) >= 11 is 4.93. The van der Waals surface area contributed by atoms with Crippen molar-refractivity contribution in [3.8, 4) is 0 Å². The molecule has 0 bridgehead atoms. The zero-order valence-corrected chi connectivity index (χ0v) is 9.93. The molecule has 2 heterocycles. The minimum Gasteiger partial charge on any atom is -0.344 e. The summed E-state index contributed by atoms with van der Waals surface area (Å²) < 4.78 is 1.02. The number of halogens is 1. The molecule has 0 atom stereocenters. The van der Waals surface area contributed by atoms with Crippen molar-refractivity contribution < 1.29 is 4.79 Å². The number of thiophene rings is 1. The first-order valence-corrected chi connectivity index (χ1v) is 5.79. The van der Waals surface area contributed by atoms with E-state index in [0.29, 0.717) is 6.54 Å². The lowest BCUT2D eigenvalue weighted by atomic mass is 10.4. The van der Waals surface area contributed by atoms with Gasteiger partial charge in [0, 0.05) is 14.7 Å². The zero-order valence-electron chi connectivity index (χ0n) is 7.53. The first kappa shape index (κ1) is 10.3. The monoisotopic (exact) mass is 286 g/mol. The predicted molar refractivity (Wildman–Crippen MR) is 59.6 cm³/mol. The maximum absolute atomic E-state index is 11.4. The molecular formula is C8H7BrN4OS. The Bertz CT molecular complexity index is 453. The predicted octanol–water partition coefficient (Wildman–Crippen LogP) is 1.56. The SMILES string of the molecule is O=C(NCc1cc(Br)cs1)c1ncn[nH]1. The van der Waals surface area contributed by atoms with Gasteiger partial charge in [-0.05, 0) is 22.0 Å². The Hall–Kier alpha value is -1.21. The second-order valence-corrected chi connectivity index (χ2v) is 4.66. The topological polar surface area (TPSA) is 70.7 Å². The summed E-state index contributed by atoms with van der Waals surface area (Å²) in [5.74, 6) is -0.0253. The van der Waals surface area contributed by atoms with Gasteiger partial charge in [0.05, 0.1) is 6.54 Å². The molecule has 78 valence electrons. The van der Waals surface area contributed by atoms with Crippen LogP contribution >= 0.6 is 27.3 Å². The molecule has 0 aliphatic rings. The van der Waals surface area contributed by atoms with Crippen molar-refractivity contribution in [2.75, 3.05) is 0 Å². The number of rotatable bonds is 3. The van der Waals surface area contributed by atoms with Gasteiger partial charge in [-0.3, -0.25) is 9.89 Å². The van der Waals surface area contributed by atoms with Crippen LogP contribution in [-0.2, 0) is 6.54 Å². The quantitative estimate of drug-likeness (QED) is 0.900. The van der Waals surface area contributed by atoms with Crippen molar-refractivity contribution in [2.24, 2.45) is 0 Å². The van der Waals surface area contributed by atoms with Crippen molar-refractivity contribution >= 4 is 33.2 Å². The van der Waals surface area contributed by atoms with Crippen LogP contribution in [0.3, 0.4) is 0 Å². The fourth-order valence-electron chi connectivity index (χ4n) is 1.01. The highest BCUT2D eigenvalue weighted by Crippen LogP contribution is 2.19. The lowest BCUT2D eigenvalue weighted by Crippen LogP contribution is -2.23. The molecule has 0 aliphatic heterocycles. The number of aromatic amines is 1. The molecule has 2 aromatic heterocycles. The van der Waals surface area contributed by atoms with Gasteiger partial charge in [0.25, 0.3) is 5.91 Å². The van der Waals surface area contributed by atoms with Gasteiger partial charge >= 0.3 is 0 Å². The molecule has 0 radical (unpaired) electrons. The van der Waals surface area contributed by atoms with Gasteiger partial charge in [-0.1, -0.05) is 0 Å². The van der Waals surface area contributed by atoms with E-state index >= 15 is 0 Å². The molecular weight excluding hydrogens is 280 g/mol. The van der Waals surface area contributed by atoms with Crippen molar-refractivity contribution in [1.82, 2.24) is 20.5 Å². The van der Waals surface area contributed by atoms with E-state index in [0.717, 1.165) is 9.35 Å². The van der Waals surface area contributed by atoms with E-state index in [1.807, 2.05) is 11.4 Å². The van der Waals surface area contributed by atoms with Gasteiger partial charge in [-0.25, -0.2) is 4.98 Å². The summed E-state index contributed by atoms with van der Waals surface area (Å²) in [6.45, 7) is 0.496. The molecule has 0 fully saturated rings. The smallest absolute Gasteiger partial charge is 0.288 e. The Morgan fingerprint density at radius 2 is 2.53 bits per heavy atom.